The number of benzene rings is 3. The fourth-order valence-corrected chi connectivity index (χ4v) is 4.43. The van der Waals surface area contributed by atoms with Gasteiger partial charge in [0.05, 0.1) is 19.1 Å². The number of hydrogen-bond acceptors (Lipinski definition) is 5. The number of hydrogen-bond donors (Lipinski definition) is 1. The molecule has 0 amide bonds. The van der Waals surface area contributed by atoms with Crippen LogP contribution in [0.15, 0.2) is 77.7 Å². The largest absolute Gasteiger partial charge is 0.508 e. The highest BCUT2D eigenvalue weighted by atomic mass is 32.2. The van der Waals surface area contributed by atoms with Gasteiger partial charge in [-0.1, -0.05) is 42.5 Å². The third kappa shape index (κ3) is 4.88. The van der Waals surface area contributed by atoms with Gasteiger partial charge in [-0.3, -0.25) is 0 Å². The second-order valence-corrected chi connectivity index (χ2v) is 8.38. The minimum absolute atomic E-state index is 0.0886. The van der Waals surface area contributed by atoms with Gasteiger partial charge in [-0.2, -0.15) is 4.31 Å². The maximum absolute atomic E-state index is 13.5. The molecule has 0 fully saturated rings. The number of sulfonamides is 1. The Balaban J connectivity index is 2.01. The molecular weight excluding hydrogens is 390 g/mol. The Kier molecular flexibility index (Phi) is 6.41. The summed E-state index contributed by atoms with van der Waals surface area (Å²) < 4.78 is 38.8. The average Bonchev–Trinajstić information content (AvgIpc) is 2.73. The van der Waals surface area contributed by atoms with Crippen LogP contribution < -0.4 is 9.47 Å². The van der Waals surface area contributed by atoms with Crippen molar-refractivity contribution in [3.05, 3.63) is 83.9 Å². The summed E-state index contributed by atoms with van der Waals surface area (Å²) in [6.45, 7) is 0.299. The summed E-state index contributed by atoms with van der Waals surface area (Å²) in [6, 6.07) is 20.5. The molecule has 152 valence electrons. The van der Waals surface area contributed by atoms with Gasteiger partial charge in [0.15, 0.2) is 11.5 Å². The van der Waals surface area contributed by atoms with E-state index in [1.54, 1.807) is 30.3 Å². The van der Waals surface area contributed by atoms with Crippen molar-refractivity contribution >= 4 is 10.0 Å². The quantitative estimate of drug-likeness (QED) is 0.608. The molecule has 0 saturated carbocycles. The summed E-state index contributed by atoms with van der Waals surface area (Å²) in [4.78, 5) is 0.103. The van der Waals surface area contributed by atoms with Crippen LogP contribution in [-0.2, 0) is 23.1 Å². The van der Waals surface area contributed by atoms with Crippen LogP contribution in [0.1, 0.15) is 11.1 Å². The minimum atomic E-state index is -3.85. The lowest BCUT2D eigenvalue weighted by Crippen LogP contribution is -2.30. The molecule has 0 unspecified atom stereocenters. The van der Waals surface area contributed by atoms with Crippen molar-refractivity contribution < 1.29 is 23.0 Å². The number of phenols is 1. The molecule has 7 heteroatoms. The van der Waals surface area contributed by atoms with Gasteiger partial charge in [0.1, 0.15) is 5.75 Å². The lowest BCUT2D eigenvalue weighted by atomic mass is 10.2. The maximum atomic E-state index is 13.5. The lowest BCUT2D eigenvalue weighted by molar-refractivity contribution is 0.353. The Bertz CT molecular complexity index is 1070. The van der Waals surface area contributed by atoms with E-state index >= 15 is 0 Å². The zero-order valence-electron chi connectivity index (χ0n) is 16.3. The molecular formula is C22H23NO5S. The summed E-state index contributed by atoms with van der Waals surface area (Å²) >= 11 is 0. The predicted octanol–water partition coefficient (Wildman–Crippen LogP) is 3.80. The molecule has 0 aliphatic carbocycles. The number of rotatable bonds is 8. The SMILES string of the molecule is COc1ccc(S(=O)(=O)N(Cc2ccccc2)Cc2cccc(O)c2)cc1OC. The number of aromatic hydroxyl groups is 1. The van der Waals surface area contributed by atoms with Crippen LogP contribution in [0.2, 0.25) is 0 Å². The predicted molar refractivity (Wildman–Crippen MR) is 111 cm³/mol. The fraction of sp³-hybridized carbons (Fsp3) is 0.182. The Labute approximate surface area is 171 Å². The van der Waals surface area contributed by atoms with Gasteiger partial charge in [0, 0.05) is 19.2 Å². The fourth-order valence-electron chi connectivity index (χ4n) is 3.00. The smallest absolute Gasteiger partial charge is 0.243 e. The van der Waals surface area contributed by atoms with E-state index in [0.717, 1.165) is 5.56 Å². The summed E-state index contributed by atoms with van der Waals surface area (Å²) in [5.41, 5.74) is 1.54. The van der Waals surface area contributed by atoms with E-state index in [4.69, 9.17) is 9.47 Å². The molecule has 0 atom stereocenters. The first-order valence-corrected chi connectivity index (χ1v) is 10.4. The van der Waals surface area contributed by atoms with E-state index in [0.29, 0.717) is 17.1 Å². The molecule has 6 nitrogen and oxygen atoms in total. The normalized spacial score (nSPS) is 11.4. The van der Waals surface area contributed by atoms with Gasteiger partial charge in [-0.05, 0) is 35.4 Å². The Morgan fingerprint density at radius 2 is 1.45 bits per heavy atom. The molecule has 0 aliphatic heterocycles. The second kappa shape index (κ2) is 8.98. The molecule has 1 N–H and O–H groups in total. The first kappa shape index (κ1) is 20.7. The van der Waals surface area contributed by atoms with Gasteiger partial charge in [-0.25, -0.2) is 8.42 Å². The first-order valence-electron chi connectivity index (χ1n) is 8.98. The van der Waals surface area contributed by atoms with Crippen LogP contribution in [0.5, 0.6) is 17.2 Å². The summed E-state index contributed by atoms with van der Waals surface area (Å²) in [5.74, 6) is 0.880. The van der Waals surface area contributed by atoms with Crippen molar-refractivity contribution in [1.29, 1.82) is 0 Å². The average molecular weight is 413 g/mol. The van der Waals surface area contributed by atoms with Crippen LogP contribution in [-0.4, -0.2) is 32.0 Å². The molecule has 0 heterocycles. The van der Waals surface area contributed by atoms with Gasteiger partial charge < -0.3 is 14.6 Å². The highest BCUT2D eigenvalue weighted by Crippen LogP contribution is 2.31. The van der Waals surface area contributed by atoms with Crippen molar-refractivity contribution in [1.82, 2.24) is 4.31 Å². The molecule has 29 heavy (non-hydrogen) atoms. The van der Waals surface area contributed by atoms with Crippen LogP contribution >= 0.6 is 0 Å². The topological polar surface area (TPSA) is 76.1 Å². The summed E-state index contributed by atoms with van der Waals surface area (Å²) in [6.07, 6.45) is 0. The molecule has 0 aromatic heterocycles. The molecule has 0 bridgehead atoms. The minimum Gasteiger partial charge on any atom is -0.508 e. The van der Waals surface area contributed by atoms with Crippen LogP contribution in [0.25, 0.3) is 0 Å². The van der Waals surface area contributed by atoms with E-state index in [1.807, 2.05) is 30.3 Å². The van der Waals surface area contributed by atoms with Gasteiger partial charge in [-0.15, -0.1) is 0 Å². The van der Waals surface area contributed by atoms with E-state index in [-0.39, 0.29) is 23.7 Å². The van der Waals surface area contributed by atoms with Gasteiger partial charge in [0.25, 0.3) is 0 Å². The Morgan fingerprint density at radius 1 is 0.793 bits per heavy atom. The van der Waals surface area contributed by atoms with Crippen LogP contribution in [0, 0.1) is 0 Å². The van der Waals surface area contributed by atoms with Crippen molar-refractivity contribution in [2.75, 3.05) is 14.2 Å². The molecule has 0 spiro atoms. The monoisotopic (exact) mass is 413 g/mol. The third-order valence-corrected chi connectivity index (χ3v) is 6.25. The molecule has 0 saturated heterocycles. The molecule has 0 aliphatic rings. The van der Waals surface area contributed by atoms with Crippen molar-refractivity contribution in [2.24, 2.45) is 0 Å². The van der Waals surface area contributed by atoms with E-state index in [9.17, 15) is 13.5 Å². The second-order valence-electron chi connectivity index (χ2n) is 6.45. The van der Waals surface area contributed by atoms with Crippen molar-refractivity contribution in [2.45, 2.75) is 18.0 Å². The standard InChI is InChI=1S/C22H23NO5S/c1-27-21-12-11-20(14-22(21)28-2)29(25,26)23(15-17-7-4-3-5-8-17)16-18-9-6-10-19(24)13-18/h3-14,24H,15-16H2,1-2H3. The third-order valence-electron chi connectivity index (χ3n) is 4.46. The summed E-state index contributed by atoms with van der Waals surface area (Å²) in [7, 11) is -0.895. The number of methoxy groups -OCH3 is 2. The number of ether oxygens (including phenoxy) is 2. The molecule has 3 aromatic carbocycles. The van der Waals surface area contributed by atoms with Gasteiger partial charge in [0.2, 0.25) is 10.0 Å². The number of phenolic OH excluding ortho intramolecular Hbond substituents is 1. The lowest BCUT2D eigenvalue weighted by Gasteiger charge is -2.23. The zero-order valence-corrected chi connectivity index (χ0v) is 17.1. The first-order chi connectivity index (χ1) is 13.9. The zero-order chi connectivity index (χ0) is 20.9. The molecule has 3 rings (SSSR count). The van der Waals surface area contributed by atoms with Crippen LogP contribution in [0.4, 0.5) is 0 Å². The summed E-state index contributed by atoms with van der Waals surface area (Å²) in [5, 5.41) is 9.76. The van der Waals surface area contributed by atoms with E-state index in [1.165, 1.54) is 30.7 Å². The van der Waals surface area contributed by atoms with Crippen molar-refractivity contribution in [3.8, 4) is 17.2 Å². The highest BCUT2D eigenvalue weighted by Gasteiger charge is 2.26. The molecule has 3 aromatic rings. The van der Waals surface area contributed by atoms with E-state index in [2.05, 4.69) is 0 Å². The van der Waals surface area contributed by atoms with Gasteiger partial charge >= 0.3 is 0 Å². The van der Waals surface area contributed by atoms with Crippen LogP contribution in [0.3, 0.4) is 0 Å². The van der Waals surface area contributed by atoms with E-state index < -0.39 is 10.0 Å². The number of nitrogens with zero attached hydrogens (tertiary/aromatic N) is 1. The highest BCUT2D eigenvalue weighted by molar-refractivity contribution is 7.89. The molecule has 0 radical (unpaired) electrons. The van der Waals surface area contributed by atoms with Crippen molar-refractivity contribution in [3.63, 3.8) is 0 Å². The maximum Gasteiger partial charge on any atom is 0.243 e. The Hall–Kier alpha value is -3.03. The Morgan fingerprint density at radius 3 is 2.10 bits per heavy atom.